The molecule has 3 nitrogen and oxygen atoms in total. The molecule has 1 saturated carbocycles. The lowest BCUT2D eigenvalue weighted by Gasteiger charge is -2.18. The number of amides is 1. The molecule has 0 aromatic carbocycles. The third kappa shape index (κ3) is 4.48. The zero-order valence-corrected chi connectivity index (χ0v) is 11.1. The Morgan fingerprint density at radius 2 is 2.41 bits per heavy atom. The summed E-state index contributed by atoms with van der Waals surface area (Å²) in [5, 5.41) is 5.09. The second-order valence-electron chi connectivity index (χ2n) is 4.63. The molecule has 0 spiro atoms. The van der Waals surface area contributed by atoms with Crippen LogP contribution in [0.15, 0.2) is 17.5 Å². The van der Waals surface area contributed by atoms with E-state index in [0.717, 1.165) is 25.6 Å². The van der Waals surface area contributed by atoms with E-state index in [1.807, 2.05) is 0 Å². The van der Waals surface area contributed by atoms with Crippen LogP contribution in [0.3, 0.4) is 0 Å². The Bertz CT molecular complexity index is 346. The van der Waals surface area contributed by atoms with E-state index in [0.29, 0.717) is 6.54 Å². The van der Waals surface area contributed by atoms with Gasteiger partial charge in [-0.15, -0.1) is 11.3 Å². The minimum Gasteiger partial charge on any atom is -0.355 e. The largest absolute Gasteiger partial charge is 0.355 e. The van der Waals surface area contributed by atoms with Crippen molar-refractivity contribution in [3.63, 3.8) is 0 Å². The zero-order valence-electron chi connectivity index (χ0n) is 10.3. The van der Waals surface area contributed by atoms with Crippen LogP contribution < -0.4 is 5.32 Å². The molecule has 2 rings (SSSR count). The highest BCUT2D eigenvalue weighted by molar-refractivity contribution is 7.09. The van der Waals surface area contributed by atoms with Gasteiger partial charge in [0.25, 0.3) is 0 Å². The van der Waals surface area contributed by atoms with Crippen LogP contribution in [0, 0.1) is 5.92 Å². The molecule has 1 aliphatic carbocycles. The van der Waals surface area contributed by atoms with Gasteiger partial charge in [0.1, 0.15) is 0 Å². The minimum atomic E-state index is 0.162. The number of nitrogens with zero attached hydrogens (tertiary/aromatic N) is 1. The first-order chi connectivity index (χ1) is 8.28. The third-order valence-electron chi connectivity index (χ3n) is 3.06. The van der Waals surface area contributed by atoms with Crippen LogP contribution in [-0.4, -0.2) is 30.4 Å². The van der Waals surface area contributed by atoms with Crippen molar-refractivity contribution in [2.45, 2.75) is 26.3 Å². The Kier molecular flexibility index (Phi) is 4.57. The summed E-state index contributed by atoms with van der Waals surface area (Å²) in [4.78, 5) is 15.2. The van der Waals surface area contributed by atoms with E-state index in [1.165, 1.54) is 17.7 Å². The molecule has 1 heterocycles. The molecule has 94 valence electrons. The van der Waals surface area contributed by atoms with Gasteiger partial charge in [-0.2, -0.15) is 0 Å². The van der Waals surface area contributed by atoms with E-state index in [1.54, 1.807) is 11.3 Å². The molecule has 1 aromatic rings. The van der Waals surface area contributed by atoms with Crippen molar-refractivity contribution in [2.24, 2.45) is 5.92 Å². The van der Waals surface area contributed by atoms with Crippen LogP contribution in [0.4, 0.5) is 0 Å². The Hall–Kier alpha value is -0.870. The molecule has 0 bridgehead atoms. The maximum Gasteiger partial charge on any atom is 0.234 e. The number of carbonyl (C=O) groups excluding carboxylic acids is 1. The number of hydrogen-bond donors (Lipinski definition) is 1. The van der Waals surface area contributed by atoms with Gasteiger partial charge in [-0.05, 0) is 36.8 Å². The van der Waals surface area contributed by atoms with Crippen LogP contribution in [0.25, 0.3) is 0 Å². The average molecular weight is 252 g/mol. The van der Waals surface area contributed by atoms with Gasteiger partial charge in [-0.3, -0.25) is 9.69 Å². The molecule has 0 radical (unpaired) electrons. The summed E-state index contributed by atoms with van der Waals surface area (Å²) in [6, 6.07) is 4.18. The van der Waals surface area contributed by atoms with E-state index in [2.05, 4.69) is 34.7 Å². The number of hydrogen-bond acceptors (Lipinski definition) is 3. The van der Waals surface area contributed by atoms with E-state index in [-0.39, 0.29) is 5.91 Å². The van der Waals surface area contributed by atoms with Crippen LogP contribution in [0.5, 0.6) is 0 Å². The molecule has 1 fully saturated rings. The van der Waals surface area contributed by atoms with Gasteiger partial charge in [0.05, 0.1) is 6.54 Å². The fourth-order valence-corrected chi connectivity index (χ4v) is 2.49. The summed E-state index contributed by atoms with van der Waals surface area (Å²) >= 11 is 1.75. The quantitative estimate of drug-likeness (QED) is 0.806. The van der Waals surface area contributed by atoms with Gasteiger partial charge in [-0.1, -0.05) is 13.0 Å². The SMILES string of the molecule is CCN(CC(=O)NCC1CC1)Cc1cccs1. The first kappa shape index (κ1) is 12.6. The molecule has 1 aliphatic rings. The predicted molar refractivity (Wildman–Crippen MR) is 71.0 cm³/mol. The van der Waals surface area contributed by atoms with Crippen LogP contribution in [0.1, 0.15) is 24.6 Å². The summed E-state index contributed by atoms with van der Waals surface area (Å²) in [5.74, 6) is 0.918. The number of nitrogens with one attached hydrogen (secondary N) is 1. The molecular weight excluding hydrogens is 232 g/mol. The lowest BCUT2D eigenvalue weighted by atomic mass is 10.3. The van der Waals surface area contributed by atoms with Gasteiger partial charge < -0.3 is 5.32 Å². The highest BCUT2D eigenvalue weighted by atomic mass is 32.1. The number of rotatable bonds is 7. The summed E-state index contributed by atoms with van der Waals surface area (Å²) in [6.07, 6.45) is 2.57. The molecule has 1 amide bonds. The molecule has 0 saturated heterocycles. The van der Waals surface area contributed by atoms with Gasteiger partial charge in [0, 0.05) is 18.0 Å². The number of thiophene rings is 1. The molecule has 4 heteroatoms. The molecule has 0 atom stereocenters. The molecule has 0 unspecified atom stereocenters. The van der Waals surface area contributed by atoms with Gasteiger partial charge in [-0.25, -0.2) is 0 Å². The van der Waals surface area contributed by atoms with E-state index in [4.69, 9.17) is 0 Å². The van der Waals surface area contributed by atoms with Crippen LogP contribution in [-0.2, 0) is 11.3 Å². The summed E-state index contributed by atoms with van der Waals surface area (Å²) in [7, 11) is 0. The van der Waals surface area contributed by atoms with Gasteiger partial charge in [0.15, 0.2) is 0 Å². The van der Waals surface area contributed by atoms with Crippen LogP contribution >= 0.6 is 11.3 Å². The maximum absolute atomic E-state index is 11.7. The molecule has 0 aliphatic heterocycles. The van der Waals surface area contributed by atoms with Crippen molar-refractivity contribution in [1.29, 1.82) is 0 Å². The monoisotopic (exact) mass is 252 g/mol. The lowest BCUT2D eigenvalue weighted by Crippen LogP contribution is -2.37. The van der Waals surface area contributed by atoms with Crippen molar-refractivity contribution < 1.29 is 4.79 Å². The van der Waals surface area contributed by atoms with E-state index < -0.39 is 0 Å². The molecule has 1 N–H and O–H groups in total. The lowest BCUT2D eigenvalue weighted by molar-refractivity contribution is -0.122. The summed E-state index contributed by atoms with van der Waals surface area (Å²) in [6.45, 7) is 5.28. The Morgan fingerprint density at radius 1 is 1.59 bits per heavy atom. The highest BCUT2D eigenvalue weighted by Gasteiger charge is 2.21. The normalized spacial score (nSPS) is 15.2. The minimum absolute atomic E-state index is 0.162. The Balaban J connectivity index is 1.71. The highest BCUT2D eigenvalue weighted by Crippen LogP contribution is 2.27. The fourth-order valence-electron chi connectivity index (χ4n) is 1.74. The second kappa shape index (κ2) is 6.17. The smallest absolute Gasteiger partial charge is 0.234 e. The first-order valence-electron chi connectivity index (χ1n) is 6.29. The second-order valence-corrected chi connectivity index (χ2v) is 5.66. The van der Waals surface area contributed by atoms with Crippen molar-refractivity contribution in [2.75, 3.05) is 19.6 Å². The van der Waals surface area contributed by atoms with Crippen molar-refractivity contribution in [3.05, 3.63) is 22.4 Å². The first-order valence-corrected chi connectivity index (χ1v) is 7.17. The van der Waals surface area contributed by atoms with Crippen molar-refractivity contribution in [3.8, 4) is 0 Å². The number of carbonyl (C=O) groups is 1. The zero-order chi connectivity index (χ0) is 12.1. The Labute approximate surface area is 107 Å². The molecule has 1 aromatic heterocycles. The van der Waals surface area contributed by atoms with E-state index >= 15 is 0 Å². The molecule has 17 heavy (non-hydrogen) atoms. The topological polar surface area (TPSA) is 32.3 Å². The van der Waals surface area contributed by atoms with Crippen molar-refractivity contribution in [1.82, 2.24) is 10.2 Å². The predicted octanol–water partition coefficient (Wildman–Crippen LogP) is 2.10. The number of likely N-dealkylation sites (N-methyl/N-ethyl adjacent to an activating group) is 1. The van der Waals surface area contributed by atoms with Gasteiger partial charge in [0.2, 0.25) is 5.91 Å². The third-order valence-corrected chi connectivity index (χ3v) is 3.92. The average Bonchev–Trinajstić information content (AvgIpc) is 3.02. The van der Waals surface area contributed by atoms with Crippen LogP contribution in [0.2, 0.25) is 0 Å². The Morgan fingerprint density at radius 3 is 3.00 bits per heavy atom. The summed E-state index contributed by atoms with van der Waals surface area (Å²) < 4.78 is 0. The van der Waals surface area contributed by atoms with Crippen molar-refractivity contribution >= 4 is 17.2 Å². The fraction of sp³-hybridized carbons (Fsp3) is 0.615. The maximum atomic E-state index is 11.7. The van der Waals surface area contributed by atoms with Gasteiger partial charge >= 0.3 is 0 Å². The summed E-state index contributed by atoms with van der Waals surface area (Å²) in [5.41, 5.74) is 0. The molecular formula is C13H20N2OS. The van der Waals surface area contributed by atoms with E-state index in [9.17, 15) is 4.79 Å². The standard InChI is InChI=1S/C13H20N2OS/c1-2-15(9-12-4-3-7-17-12)10-13(16)14-8-11-5-6-11/h3-4,7,11H,2,5-6,8-10H2,1H3,(H,14,16).